The van der Waals surface area contributed by atoms with Crippen molar-refractivity contribution >= 4 is 49.7 Å². The molecule has 0 fully saturated rings. The Balaban J connectivity index is 1.48. The van der Waals surface area contributed by atoms with Crippen LogP contribution in [0.25, 0.3) is 10.8 Å². The summed E-state index contributed by atoms with van der Waals surface area (Å²) >= 11 is 5.95. The molecule has 0 bridgehead atoms. The maximum atomic E-state index is 13.5. The van der Waals surface area contributed by atoms with E-state index < -0.39 is 15.9 Å². The summed E-state index contributed by atoms with van der Waals surface area (Å²) in [5, 5.41) is 5.54. The van der Waals surface area contributed by atoms with Gasteiger partial charge in [-0.1, -0.05) is 53.6 Å². The molecule has 7 heteroatoms. The smallest absolute Gasteiger partial charge is 0.264 e. The topological polar surface area (TPSA) is 66.5 Å². The van der Waals surface area contributed by atoms with Gasteiger partial charge in [0.05, 0.1) is 10.6 Å². The lowest BCUT2D eigenvalue weighted by molar-refractivity contribution is -0.114. The Kier molecular flexibility index (Phi) is 5.80. The monoisotopic (exact) mass is 490 g/mol. The lowest BCUT2D eigenvalue weighted by atomic mass is 10.0. The van der Waals surface area contributed by atoms with E-state index in [1.54, 1.807) is 12.1 Å². The molecule has 0 saturated carbocycles. The number of amides is 1. The number of nitrogens with zero attached hydrogens (tertiary/aromatic N) is 1. The number of carbonyl (C=O) groups excluding carboxylic acids is 1. The van der Waals surface area contributed by atoms with E-state index in [1.165, 1.54) is 40.8 Å². The molecule has 0 spiro atoms. The quantitative estimate of drug-likeness (QED) is 0.375. The fourth-order valence-corrected chi connectivity index (χ4v) is 5.98. The summed E-state index contributed by atoms with van der Waals surface area (Å²) in [6.45, 7) is 1.56. The molecule has 1 N–H and O–H groups in total. The average molecular weight is 491 g/mol. The maximum absolute atomic E-state index is 13.5. The molecule has 0 atom stereocenters. The summed E-state index contributed by atoms with van der Waals surface area (Å²) in [6.07, 6.45) is 1.98. The number of hydrogen-bond donors (Lipinski definition) is 1. The van der Waals surface area contributed by atoms with Crippen LogP contribution in [-0.4, -0.2) is 20.9 Å². The second-order valence-corrected chi connectivity index (χ2v) is 10.8. The van der Waals surface area contributed by atoms with Crippen LogP contribution < -0.4 is 9.62 Å². The van der Waals surface area contributed by atoms with Crippen molar-refractivity contribution in [3.8, 4) is 0 Å². The first-order valence-corrected chi connectivity index (χ1v) is 12.8. The molecule has 0 aliphatic heterocycles. The largest absolute Gasteiger partial charge is 0.324 e. The van der Waals surface area contributed by atoms with Crippen LogP contribution in [0.15, 0.2) is 83.8 Å². The molecule has 5 nitrogen and oxygen atoms in total. The number of hydrogen-bond acceptors (Lipinski definition) is 3. The van der Waals surface area contributed by atoms with Gasteiger partial charge in [0, 0.05) is 16.1 Å². The zero-order valence-corrected chi connectivity index (χ0v) is 20.2. The number of rotatable bonds is 6. The minimum absolute atomic E-state index is 0.0654. The average Bonchev–Trinajstić information content (AvgIpc) is 3.25. The number of aryl methyl sites for hydroxylation is 3. The van der Waals surface area contributed by atoms with Crippen LogP contribution >= 0.6 is 11.6 Å². The zero-order valence-electron chi connectivity index (χ0n) is 18.6. The van der Waals surface area contributed by atoms with Gasteiger partial charge in [-0.3, -0.25) is 9.10 Å². The van der Waals surface area contributed by atoms with Gasteiger partial charge < -0.3 is 5.32 Å². The summed E-state index contributed by atoms with van der Waals surface area (Å²) in [7, 11) is -4.00. The normalized spacial score (nSPS) is 12.6. The molecular formula is C27H23ClN2O3S. The number of nitrogens with one attached hydrogen (secondary N) is 1. The van der Waals surface area contributed by atoms with Crippen LogP contribution in [0.2, 0.25) is 5.02 Å². The Morgan fingerprint density at radius 2 is 1.59 bits per heavy atom. The first kappa shape index (κ1) is 22.4. The van der Waals surface area contributed by atoms with Crippen molar-refractivity contribution < 1.29 is 13.2 Å². The number of anilines is 2. The summed E-state index contributed by atoms with van der Waals surface area (Å²) in [4.78, 5) is 13.3. The molecule has 0 saturated heterocycles. The summed E-state index contributed by atoms with van der Waals surface area (Å²) in [5.74, 6) is -0.420. The highest BCUT2D eigenvalue weighted by molar-refractivity contribution is 7.92. The molecule has 0 radical (unpaired) electrons. The molecule has 172 valence electrons. The van der Waals surface area contributed by atoms with E-state index in [2.05, 4.69) is 11.4 Å². The molecule has 0 unspecified atom stereocenters. The molecule has 5 rings (SSSR count). The van der Waals surface area contributed by atoms with Crippen molar-refractivity contribution in [2.75, 3.05) is 16.2 Å². The maximum Gasteiger partial charge on any atom is 0.264 e. The summed E-state index contributed by atoms with van der Waals surface area (Å²) in [5.41, 5.74) is 4.63. The van der Waals surface area contributed by atoms with Gasteiger partial charge in [0.25, 0.3) is 10.0 Å². The molecule has 0 heterocycles. The van der Waals surface area contributed by atoms with Gasteiger partial charge in [-0.05, 0) is 78.7 Å². The lowest BCUT2D eigenvalue weighted by Gasteiger charge is -2.24. The van der Waals surface area contributed by atoms with E-state index >= 15 is 0 Å². The Labute approximate surface area is 204 Å². The van der Waals surface area contributed by atoms with E-state index in [9.17, 15) is 13.2 Å². The Morgan fingerprint density at radius 3 is 2.29 bits per heavy atom. The summed E-state index contributed by atoms with van der Waals surface area (Å²) in [6, 6.07) is 23.0. The number of sulfonamides is 1. The third-order valence-electron chi connectivity index (χ3n) is 6.16. The minimum Gasteiger partial charge on any atom is -0.324 e. The number of benzene rings is 4. The van der Waals surface area contributed by atoms with Gasteiger partial charge in [-0.25, -0.2) is 8.42 Å². The fraction of sp³-hybridized carbons (Fsp3) is 0.148. The molecular weight excluding hydrogens is 468 g/mol. The highest BCUT2D eigenvalue weighted by atomic mass is 35.5. The second kappa shape index (κ2) is 8.78. The van der Waals surface area contributed by atoms with E-state index in [0.29, 0.717) is 16.4 Å². The van der Waals surface area contributed by atoms with Gasteiger partial charge in [0.1, 0.15) is 6.54 Å². The van der Waals surface area contributed by atoms with Crippen molar-refractivity contribution in [3.05, 3.63) is 101 Å². The van der Waals surface area contributed by atoms with Crippen molar-refractivity contribution in [1.82, 2.24) is 0 Å². The van der Waals surface area contributed by atoms with Crippen LogP contribution in [0.1, 0.15) is 16.7 Å². The van der Waals surface area contributed by atoms with Crippen LogP contribution in [0.4, 0.5) is 11.4 Å². The SMILES string of the molecule is Cc1ccc(N(CC(=O)Nc2ccc3c4c(cccc24)CC3)S(=O)(=O)c2ccc(Cl)cc2)cc1. The van der Waals surface area contributed by atoms with Crippen LogP contribution in [0.5, 0.6) is 0 Å². The highest BCUT2D eigenvalue weighted by Crippen LogP contribution is 2.35. The molecule has 1 aliphatic carbocycles. The zero-order chi connectivity index (χ0) is 23.9. The Hall–Kier alpha value is -3.35. The molecule has 0 aromatic heterocycles. The van der Waals surface area contributed by atoms with E-state index in [0.717, 1.165) is 28.1 Å². The molecule has 1 aliphatic rings. The predicted molar refractivity (Wildman–Crippen MR) is 137 cm³/mol. The Morgan fingerprint density at radius 1 is 0.912 bits per heavy atom. The second-order valence-electron chi connectivity index (χ2n) is 8.46. The van der Waals surface area contributed by atoms with Crippen molar-refractivity contribution in [1.29, 1.82) is 0 Å². The van der Waals surface area contributed by atoms with E-state index in [1.807, 2.05) is 43.3 Å². The van der Waals surface area contributed by atoms with Gasteiger partial charge in [-0.15, -0.1) is 0 Å². The van der Waals surface area contributed by atoms with E-state index in [4.69, 9.17) is 11.6 Å². The Bertz CT molecular complexity index is 1490. The van der Waals surface area contributed by atoms with Gasteiger partial charge in [0.2, 0.25) is 5.91 Å². The first-order valence-electron chi connectivity index (χ1n) is 11.0. The molecule has 1 amide bonds. The highest BCUT2D eigenvalue weighted by Gasteiger charge is 2.27. The third-order valence-corrected chi connectivity index (χ3v) is 8.20. The van der Waals surface area contributed by atoms with Crippen molar-refractivity contribution in [2.24, 2.45) is 0 Å². The predicted octanol–water partition coefficient (Wildman–Crippen LogP) is 5.73. The van der Waals surface area contributed by atoms with Crippen LogP contribution in [0.3, 0.4) is 0 Å². The van der Waals surface area contributed by atoms with Gasteiger partial charge >= 0.3 is 0 Å². The van der Waals surface area contributed by atoms with Gasteiger partial charge in [-0.2, -0.15) is 0 Å². The fourth-order valence-electron chi connectivity index (χ4n) is 4.44. The molecule has 4 aromatic rings. The van der Waals surface area contributed by atoms with Crippen molar-refractivity contribution in [3.63, 3.8) is 0 Å². The van der Waals surface area contributed by atoms with Crippen molar-refractivity contribution in [2.45, 2.75) is 24.7 Å². The lowest BCUT2D eigenvalue weighted by Crippen LogP contribution is -2.38. The minimum atomic E-state index is -4.00. The standard InChI is InChI=1S/C27H23ClN2O3S/c1-18-5-12-22(13-6-18)30(34(32,33)23-14-10-21(28)11-15-23)17-26(31)29-25-16-9-20-8-7-19-3-2-4-24(25)27(19)20/h2-6,9-16H,7-8,17H2,1H3,(H,29,31). The van der Waals surface area contributed by atoms with Crippen LogP contribution in [0, 0.1) is 6.92 Å². The van der Waals surface area contributed by atoms with E-state index in [-0.39, 0.29) is 11.4 Å². The summed E-state index contributed by atoms with van der Waals surface area (Å²) < 4.78 is 28.2. The molecule has 4 aromatic carbocycles. The third kappa shape index (κ3) is 4.15. The van der Waals surface area contributed by atoms with Crippen LogP contribution in [-0.2, 0) is 27.7 Å². The molecule has 34 heavy (non-hydrogen) atoms. The van der Waals surface area contributed by atoms with Gasteiger partial charge in [0.15, 0.2) is 0 Å². The number of halogens is 1. The first-order chi connectivity index (χ1) is 16.3. The number of carbonyl (C=O) groups is 1.